The zero-order valence-electron chi connectivity index (χ0n) is 10.8. The van der Waals surface area contributed by atoms with E-state index in [4.69, 9.17) is 40.5 Å². The lowest BCUT2D eigenvalue weighted by Crippen LogP contribution is -2.14. The minimum absolute atomic E-state index is 0.0532. The second-order valence-electron chi connectivity index (χ2n) is 4.87. The SMILES string of the molecule is NC(c1cc2c(cc1Cl)NC(=O)C2)c1c(Cl)cccc1Cl. The number of rotatable bonds is 2. The summed E-state index contributed by atoms with van der Waals surface area (Å²) in [7, 11) is 0. The Morgan fingerprint density at radius 2 is 1.76 bits per heavy atom. The summed E-state index contributed by atoms with van der Waals surface area (Å²) in [6, 6.07) is 8.21. The second-order valence-corrected chi connectivity index (χ2v) is 6.09. The van der Waals surface area contributed by atoms with Crippen molar-refractivity contribution in [3.05, 3.63) is 62.1 Å². The lowest BCUT2D eigenvalue weighted by molar-refractivity contribution is -0.115. The van der Waals surface area contributed by atoms with Gasteiger partial charge in [-0.25, -0.2) is 0 Å². The molecule has 1 aliphatic rings. The number of nitrogens with two attached hydrogens (primary N) is 1. The number of carbonyl (C=O) groups excluding carboxylic acids is 1. The van der Waals surface area contributed by atoms with Gasteiger partial charge in [0.15, 0.2) is 0 Å². The Morgan fingerprint density at radius 3 is 2.43 bits per heavy atom. The number of hydrogen-bond acceptors (Lipinski definition) is 2. The average Bonchev–Trinajstić information content (AvgIpc) is 2.76. The van der Waals surface area contributed by atoms with Gasteiger partial charge in [-0.1, -0.05) is 40.9 Å². The van der Waals surface area contributed by atoms with E-state index in [1.807, 2.05) is 6.07 Å². The molecule has 0 radical (unpaired) electrons. The molecule has 1 aliphatic heterocycles. The number of nitrogens with one attached hydrogen (secondary N) is 1. The lowest BCUT2D eigenvalue weighted by atomic mass is 9.97. The first kappa shape index (κ1) is 14.7. The van der Waals surface area contributed by atoms with Crippen LogP contribution in [-0.2, 0) is 11.2 Å². The topological polar surface area (TPSA) is 55.1 Å². The van der Waals surface area contributed by atoms with Gasteiger partial charge < -0.3 is 11.1 Å². The summed E-state index contributed by atoms with van der Waals surface area (Å²) < 4.78 is 0. The molecule has 0 bridgehead atoms. The first-order chi connectivity index (χ1) is 9.97. The van der Waals surface area contributed by atoms with Gasteiger partial charge in [0.05, 0.1) is 12.5 Å². The van der Waals surface area contributed by atoms with E-state index < -0.39 is 6.04 Å². The quantitative estimate of drug-likeness (QED) is 0.860. The third-order valence-electron chi connectivity index (χ3n) is 3.49. The predicted molar refractivity (Wildman–Crippen MR) is 86.3 cm³/mol. The molecule has 0 saturated carbocycles. The van der Waals surface area contributed by atoms with Crippen LogP contribution in [0.25, 0.3) is 0 Å². The Balaban J connectivity index is 2.09. The fraction of sp³-hybridized carbons (Fsp3) is 0.133. The molecule has 3 nitrogen and oxygen atoms in total. The zero-order chi connectivity index (χ0) is 15.1. The van der Waals surface area contributed by atoms with Crippen LogP contribution < -0.4 is 11.1 Å². The number of anilines is 1. The minimum atomic E-state index is -0.556. The van der Waals surface area contributed by atoms with Crippen molar-refractivity contribution in [3.63, 3.8) is 0 Å². The van der Waals surface area contributed by atoms with Gasteiger partial charge in [-0.15, -0.1) is 0 Å². The molecule has 3 rings (SSSR count). The Bertz CT molecular complexity index is 726. The monoisotopic (exact) mass is 340 g/mol. The van der Waals surface area contributed by atoms with E-state index in [-0.39, 0.29) is 5.91 Å². The van der Waals surface area contributed by atoms with Crippen LogP contribution in [0.2, 0.25) is 15.1 Å². The predicted octanol–water partition coefficient (Wildman–Crippen LogP) is 4.19. The van der Waals surface area contributed by atoms with Crippen molar-refractivity contribution >= 4 is 46.4 Å². The van der Waals surface area contributed by atoms with E-state index in [2.05, 4.69) is 5.32 Å². The van der Waals surface area contributed by atoms with Crippen LogP contribution in [0.1, 0.15) is 22.7 Å². The molecule has 1 heterocycles. The second kappa shape index (κ2) is 5.50. The van der Waals surface area contributed by atoms with Gasteiger partial charge in [-0.2, -0.15) is 0 Å². The smallest absolute Gasteiger partial charge is 0.228 e. The highest BCUT2D eigenvalue weighted by Crippen LogP contribution is 2.38. The van der Waals surface area contributed by atoms with Crippen LogP contribution in [0.3, 0.4) is 0 Å². The molecule has 2 aromatic rings. The maximum Gasteiger partial charge on any atom is 0.228 e. The maximum absolute atomic E-state index is 11.4. The van der Waals surface area contributed by atoms with Gasteiger partial charge in [0.2, 0.25) is 5.91 Å². The molecule has 3 N–H and O–H groups in total. The average molecular weight is 342 g/mol. The fourth-order valence-corrected chi connectivity index (χ4v) is 3.38. The third kappa shape index (κ3) is 2.62. The number of hydrogen-bond donors (Lipinski definition) is 2. The van der Waals surface area contributed by atoms with Crippen LogP contribution in [0, 0.1) is 0 Å². The summed E-state index contributed by atoms with van der Waals surface area (Å²) in [5.41, 5.74) is 9.21. The standard InChI is InChI=1S/C15H11Cl3N2O/c16-9-2-1-3-10(17)14(9)15(19)8-4-7-5-13(21)20-12(7)6-11(8)18/h1-4,6,15H,5,19H2,(H,20,21). The molecule has 1 unspecified atom stereocenters. The van der Waals surface area contributed by atoms with E-state index in [1.165, 1.54) is 0 Å². The first-order valence-electron chi connectivity index (χ1n) is 6.29. The van der Waals surface area contributed by atoms with Crippen LogP contribution in [0.4, 0.5) is 5.69 Å². The molecule has 1 atom stereocenters. The molecule has 1 amide bonds. The van der Waals surface area contributed by atoms with Crippen molar-refractivity contribution in [2.75, 3.05) is 5.32 Å². The molecule has 21 heavy (non-hydrogen) atoms. The van der Waals surface area contributed by atoms with Crippen molar-refractivity contribution in [2.45, 2.75) is 12.5 Å². The van der Waals surface area contributed by atoms with Crippen LogP contribution >= 0.6 is 34.8 Å². The highest BCUT2D eigenvalue weighted by atomic mass is 35.5. The van der Waals surface area contributed by atoms with Crippen molar-refractivity contribution < 1.29 is 4.79 Å². The molecule has 6 heteroatoms. The van der Waals surface area contributed by atoms with E-state index >= 15 is 0 Å². The summed E-state index contributed by atoms with van der Waals surface area (Å²) in [6.07, 6.45) is 0.322. The third-order valence-corrected chi connectivity index (χ3v) is 4.48. The van der Waals surface area contributed by atoms with Gasteiger partial charge in [0.1, 0.15) is 0 Å². The Labute approximate surface area is 137 Å². The van der Waals surface area contributed by atoms with E-state index in [0.717, 1.165) is 11.3 Å². The van der Waals surface area contributed by atoms with Crippen molar-refractivity contribution in [3.8, 4) is 0 Å². The van der Waals surface area contributed by atoms with E-state index in [9.17, 15) is 4.79 Å². The number of amides is 1. The first-order valence-corrected chi connectivity index (χ1v) is 7.42. The van der Waals surface area contributed by atoms with Gasteiger partial charge >= 0.3 is 0 Å². The van der Waals surface area contributed by atoms with E-state index in [0.29, 0.717) is 32.6 Å². The molecule has 0 aromatic heterocycles. The molecular formula is C15H11Cl3N2O. The van der Waals surface area contributed by atoms with Crippen LogP contribution in [0.15, 0.2) is 30.3 Å². The molecular weight excluding hydrogens is 331 g/mol. The normalized spacial score (nSPS) is 14.8. The Hall–Kier alpha value is -1.26. The Kier molecular flexibility index (Phi) is 3.84. The minimum Gasteiger partial charge on any atom is -0.325 e. The summed E-state index contributed by atoms with van der Waals surface area (Å²) in [5.74, 6) is -0.0532. The molecule has 0 saturated heterocycles. The number of halogens is 3. The van der Waals surface area contributed by atoms with Gasteiger partial charge in [0, 0.05) is 26.3 Å². The number of fused-ring (bicyclic) bond motifs is 1. The zero-order valence-corrected chi connectivity index (χ0v) is 13.1. The van der Waals surface area contributed by atoms with Crippen molar-refractivity contribution in [1.29, 1.82) is 0 Å². The highest BCUT2D eigenvalue weighted by Gasteiger charge is 2.24. The number of carbonyl (C=O) groups is 1. The van der Waals surface area contributed by atoms with Crippen LogP contribution in [-0.4, -0.2) is 5.91 Å². The van der Waals surface area contributed by atoms with Crippen molar-refractivity contribution in [1.82, 2.24) is 0 Å². The van der Waals surface area contributed by atoms with Gasteiger partial charge in [0.25, 0.3) is 0 Å². The van der Waals surface area contributed by atoms with Crippen LogP contribution in [0.5, 0.6) is 0 Å². The summed E-state index contributed by atoms with van der Waals surface area (Å²) >= 11 is 18.7. The molecule has 0 aliphatic carbocycles. The van der Waals surface area contributed by atoms with Gasteiger partial charge in [-0.05, 0) is 35.4 Å². The molecule has 0 fully saturated rings. The maximum atomic E-state index is 11.4. The summed E-state index contributed by atoms with van der Waals surface area (Å²) in [6.45, 7) is 0. The molecule has 0 spiro atoms. The van der Waals surface area contributed by atoms with Crippen molar-refractivity contribution in [2.24, 2.45) is 5.73 Å². The molecule has 2 aromatic carbocycles. The summed E-state index contributed by atoms with van der Waals surface area (Å²) in [5, 5.41) is 4.20. The highest BCUT2D eigenvalue weighted by molar-refractivity contribution is 6.36. The fourth-order valence-electron chi connectivity index (χ4n) is 2.47. The molecule has 108 valence electrons. The largest absolute Gasteiger partial charge is 0.325 e. The lowest BCUT2D eigenvalue weighted by Gasteiger charge is -2.18. The Morgan fingerprint density at radius 1 is 1.10 bits per heavy atom. The number of benzene rings is 2. The summed E-state index contributed by atoms with van der Waals surface area (Å²) in [4.78, 5) is 11.4. The van der Waals surface area contributed by atoms with Gasteiger partial charge in [-0.3, -0.25) is 4.79 Å². The van der Waals surface area contributed by atoms with E-state index in [1.54, 1.807) is 24.3 Å².